The molecule has 2 aromatic carbocycles. The lowest BCUT2D eigenvalue weighted by molar-refractivity contribution is -0.140. The molecule has 4 rings (SSSR count). The normalized spacial score (nSPS) is 18.2. The molecule has 0 aromatic heterocycles. The van der Waals surface area contributed by atoms with Crippen LogP contribution < -0.4 is 0 Å². The van der Waals surface area contributed by atoms with E-state index in [-0.39, 0.29) is 30.6 Å². The fourth-order valence-corrected chi connectivity index (χ4v) is 4.78. The van der Waals surface area contributed by atoms with Crippen LogP contribution in [0, 0.1) is 0 Å². The summed E-state index contributed by atoms with van der Waals surface area (Å²) in [5.74, 6) is -0.696. The summed E-state index contributed by atoms with van der Waals surface area (Å²) in [6, 6.07) is 16.2. The maximum atomic E-state index is 12.7. The van der Waals surface area contributed by atoms with Crippen LogP contribution in [0.25, 0.3) is 11.1 Å². The topological polar surface area (TPSA) is 105 Å². The van der Waals surface area contributed by atoms with Gasteiger partial charge in [0.1, 0.15) is 5.57 Å². The van der Waals surface area contributed by atoms with Crippen molar-refractivity contribution in [2.75, 3.05) is 20.3 Å². The predicted octanol–water partition coefficient (Wildman–Crippen LogP) is 5.77. The molecule has 0 saturated carbocycles. The van der Waals surface area contributed by atoms with Gasteiger partial charge in [-0.2, -0.15) is 0 Å². The molecule has 9 heteroatoms. The highest BCUT2D eigenvalue weighted by Gasteiger charge is 2.38. The minimum atomic E-state index is -0.995. The Hall–Kier alpha value is -3.72. The van der Waals surface area contributed by atoms with E-state index in [4.69, 9.17) is 9.47 Å². The maximum absolute atomic E-state index is 12.7. The van der Waals surface area contributed by atoms with E-state index in [0.29, 0.717) is 13.0 Å². The number of hydrogen-bond donors (Lipinski definition) is 0. The van der Waals surface area contributed by atoms with Crippen LogP contribution in [0.3, 0.4) is 0 Å². The number of rotatable bonds is 11. The minimum Gasteiger partial charge on any atom is -0.462 e. The molecule has 1 unspecified atom stereocenters. The standard InChI is InChI=1S/C28H33N5O4/c1-4-6-9-22-16-26(34)24(27(35)37-5-2)18-33(22)17-20-12-14-21(15-13-20)23-10-7-8-11-25(23)28(19-36-3)29-31-32-30-28/h7-8,10-15,18,22H,4-6,9,16-17,19H2,1-3H3. The van der Waals surface area contributed by atoms with Crippen molar-refractivity contribution in [1.82, 2.24) is 4.90 Å². The average Bonchev–Trinajstić information content (AvgIpc) is 3.39. The highest BCUT2D eigenvalue weighted by atomic mass is 16.5. The van der Waals surface area contributed by atoms with Gasteiger partial charge in [0.25, 0.3) is 0 Å². The van der Waals surface area contributed by atoms with Gasteiger partial charge in [-0.15, -0.1) is 10.2 Å². The van der Waals surface area contributed by atoms with Crippen molar-refractivity contribution in [3.8, 4) is 11.1 Å². The summed E-state index contributed by atoms with van der Waals surface area (Å²) in [5, 5.41) is 16.0. The molecular formula is C28H33N5O4. The number of Topliss-reactive ketones (excluding diaryl/α,β-unsaturated/α-hetero) is 1. The van der Waals surface area contributed by atoms with E-state index in [1.165, 1.54) is 0 Å². The SMILES string of the molecule is CCCCC1CC(=O)C(C(=O)OCC)=CN1Cc1ccc(-c2ccccc2C2(COC)N=NN=N2)cc1. The first-order valence-corrected chi connectivity index (χ1v) is 12.7. The zero-order chi connectivity index (χ0) is 26.3. The van der Waals surface area contributed by atoms with Crippen LogP contribution in [-0.4, -0.2) is 43.0 Å². The third kappa shape index (κ3) is 5.83. The third-order valence-electron chi connectivity index (χ3n) is 6.67. The highest BCUT2D eigenvalue weighted by molar-refractivity contribution is 6.17. The van der Waals surface area contributed by atoms with Gasteiger partial charge >= 0.3 is 5.97 Å². The second kappa shape index (κ2) is 12.0. The van der Waals surface area contributed by atoms with Gasteiger partial charge in [-0.05, 0) is 40.5 Å². The highest BCUT2D eigenvalue weighted by Crippen LogP contribution is 2.39. The van der Waals surface area contributed by atoms with Crippen LogP contribution >= 0.6 is 0 Å². The van der Waals surface area contributed by atoms with Crippen LogP contribution in [0.5, 0.6) is 0 Å². The Bertz CT molecular complexity index is 1190. The monoisotopic (exact) mass is 503 g/mol. The van der Waals surface area contributed by atoms with Gasteiger partial charge < -0.3 is 14.4 Å². The van der Waals surface area contributed by atoms with Crippen molar-refractivity contribution < 1.29 is 19.1 Å². The molecule has 37 heavy (non-hydrogen) atoms. The molecule has 0 radical (unpaired) electrons. The Morgan fingerprint density at radius 1 is 1.08 bits per heavy atom. The van der Waals surface area contributed by atoms with Crippen molar-refractivity contribution in [3.63, 3.8) is 0 Å². The second-order valence-electron chi connectivity index (χ2n) is 9.23. The largest absolute Gasteiger partial charge is 0.462 e. The van der Waals surface area contributed by atoms with E-state index < -0.39 is 11.6 Å². The number of benzene rings is 2. The van der Waals surface area contributed by atoms with Gasteiger partial charge in [-0.1, -0.05) is 68.3 Å². The first kappa shape index (κ1) is 26.3. The Balaban J connectivity index is 1.60. The number of ketones is 1. The van der Waals surface area contributed by atoms with E-state index in [0.717, 1.165) is 41.5 Å². The summed E-state index contributed by atoms with van der Waals surface area (Å²) in [6.45, 7) is 4.93. The number of methoxy groups -OCH3 is 1. The molecule has 2 aromatic rings. The van der Waals surface area contributed by atoms with Gasteiger partial charge in [0.15, 0.2) is 5.78 Å². The Morgan fingerprint density at radius 2 is 1.81 bits per heavy atom. The second-order valence-corrected chi connectivity index (χ2v) is 9.23. The van der Waals surface area contributed by atoms with Gasteiger partial charge in [0, 0.05) is 37.9 Å². The van der Waals surface area contributed by atoms with E-state index >= 15 is 0 Å². The number of esters is 1. The van der Waals surface area contributed by atoms with Crippen molar-refractivity contribution in [3.05, 3.63) is 71.4 Å². The summed E-state index contributed by atoms with van der Waals surface area (Å²) < 4.78 is 10.5. The molecule has 0 N–H and O–H groups in total. The van der Waals surface area contributed by atoms with Gasteiger partial charge in [-0.25, -0.2) is 4.79 Å². The minimum absolute atomic E-state index is 0.0537. The summed E-state index contributed by atoms with van der Waals surface area (Å²) in [4.78, 5) is 27.1. The molecule has 194 valence electrons. The lowest BCUT2D eigenvalue weighted by Crippen LogP contribution is -2.39. The molecule has 2 aliphatic heterocycles. The lowest BCUT2D eigenvalue weighted by atomic mass is 9.91. The number of carbonyl (C=O) groups excluding carboxylic acids is 2. The van der Waals surface area contributed by atoms with Crippen molar-refractivity contribution >= 4 is 11.8 Å². The van der Waals surface area contributed by atoms with Crippen molar-refractivity contribution in [2.45, 2.75) is 57.8 Å². The Kier molecular flexibility index (Phi) is 8.55. The number of hydrogen-bond acceptors (Lipinski definition) is 9. The van der Waals surface area contributed by atoms with Gasteiger partial charge in [-0.3, -0.25) is 4.79 Å². The smallest absolute Gasteiger partial charge is 0.343 e. The number of ether oxygens (including phenoxy) is 2. The molecule has 0 bridgehead atoms. The van der Waals surface area contributed by atoms with Gasteiger partial charge in [0.2, 0.25) is 5.66 Å². The molecule has 0 fully saturated rings. The molecule has 1 atom stereocenters. The molecular weight excluding hydrogens is 470 g/mol. The summed E-state index contributed by atoms with van der Waals surface area (Å²) in [5.41, 5.74) is 3.05. The fourth-order valence-electron chi connectivity index (χ4n) is 4.78. The van der Waals surface area contributed by atoms with Crippen molar-refractivity contribution in [2.24, 2.45) is 20.7 Å². The van der Waals surface area contributed by atoms with Crippen LogP contribution in [-0.2, 0) is 31.3 Å². The van der Waals surface area contributed by atoms with Crippen LogP contribution in [0.1, 0.15) is 50.7 Å². The first-order valence-electron chi connectivity index (χ1n) is 12.7. The van der Waals surface area contributed by atoms with Crippen LogP contribution in [0.15, 0.2) is 81.0 Å². The van der Waals surface area contributed by atoms with E-state index in [2.05, 4.69) is 56.8 Å². The number of unbranched alkanes of at least 4 members (excludes halogenated alkanes) is 1. The Labute approximate surface area is 217 Å². The molecule has 2 aliphatic rings. The van der Waals surface area contributed by atoms with Gasteiger partial charge in [0.05, 0.1) is 13.2 Å². The first-order chi connectivity index (χ1) is 18.0. The molecule has 2 heterocycles. The lowest BCUT2D eigenvalue weighted by Gasteiger charge is -2.34. The van der Waals surface area contributed by atoms with E-state index in [1.807, 2.05) is 24.3 Å². The molecule has 0 saturated heterocycles. The third-order valence-corrected chi connectivity index (χ3v) is 6.67. The zero-order valence-electron chi connectivity index (χ0n) is 21.6. The Morgan fingerprint density at radius 3 is 2.49 bits per heavy atom. The molecule has 0 amide bonds. The number of carbonyl (C=O) groups is 2. The molecule has 0 aliphatic carbocycles. The molecule has 0 spiro atoms. The number of nitrogens with zero attached hydrogens (tertiary/aromatic N) is 5. The van der Waals surface area contributed by atoms with Crippen LogP contribution in [0.2, 0.25) is 0 Å². The van der Waals surface area contributed by atoms with Crippen LogP contribution in [0.4, 0.5) is 0 Å². The summed E-state index contributed by atoms with van der Waals surface area (Å²) in [6.07, 6.45) is 4.97. The van der Waals surface area contributed by atoms with E-state index in [9.17, 15) is 9.59 Å². The van der Waals surface area contributed by atoms with Crippen molar-refractivity contribution in [1.29, 1.82) is 0 Å². The predicted molar refractivity (Wildman–Crippen MR) is 138 cm³/mol. The maximum Gasteiger partial charge on any atom is 0.343 e. The quantitative estimate of drug-likeness (QED) is 0.286. The average molecular weight is 504 g/mol. The fraction of sp³-hybridized carbons (Fsp3) is 0.429. The van der Waals surface area contributed by atoms with E-state index in [1.54, 1.807) is 20.2 Å². The summed E-state index contributed by atoms with van der Waals surface area (Å²) in [7, 11) is 1.60. The zero-order valence-corrected chi connectivity index (χ0v) is 21.6. The summed E-state index contributed by atoms with van der Waals surface area (Å²) >= 11 is 0. The molecule has 9 nitrogen and oxygen atoms in total.